The highest BCUT2D eigenvalue weighted by atomic mass is 35.5. The summed E-state index contributed by atoms with van der Waals surface area (Å²) in [5.74, 6) is -0.0405. The van der Waals surface area contributed by atoms with Crippen molar-refractivity contribution >= 4 is 38.7 Å². The first-order valence-electron chi connectivity index (χ1n) is 7.53. The third kappa shape index (κ3) is 4.37. The van der Waals surface area contributed by atoms with Gasteiger partial charge in [0.25, 0.3) is 0 Å². The lowest BCUT2D eigenvalue weighted by molar-refractivity contribution is -0.120. The number of halogens is 1. The smallest absolute Gasteiger partial charge is 0.221 e. The zero-order chi connectivity index (χ0) is 17.7. The first-order chi connectivity index (χ1) is 11.4. The SMILES string of the molecule is Cc1ccc(S(=O)(=O)[C@H](CNC(=O)CCCl)c2cccs2)cc1C. The third-order valence-corrected chi connectivity index (χ3v) is 7.25. The number of carbonyl (C=O) groups excluding carboxylic acids is 1. The molecule has 0 radical (unpaired) electrons. The maximum Gasteiger partial charge on any atom is 0.221 e. The molecule has 1 heterocycles. The minimum atomic E-state index is -3.61. The Balaban J connectivity index is 2.34. The van der Waals surface area contributed by atoms with Crippen LogP contribution < -0.4 is 5.32 Å². The van der Waals surface area contributed by atoms with E-state index in [2.05, 4.69) is 5.32 Å². The number of amides is 1. The van der Waals surface area contributed by atoms with Gasteiger partial charge >= 0.3 is 0 Å². The largest absolute Gasteiger partial charge is 0.354 e. The first kappa shape index (κ1) is 19.0. The molecule has 2 aromatic rings. The van der Waals surface area contributed by atoms with Crippen LogP contribution in [-0.4, -0.2) is 26.7 Å². The molecule has 2 rings (SSSR count). The minimum absolute atomic E-state index is 0.0332. The Morgan fingerprint density at radius 3 is 2.58 bits per heavy atom. The average Bonchev–Trinajstić information content (AvgIpc) is 3.04. The summed E-state index contributed by atoms with van der Waals surface area (Å²) in [6.07, 6.45) is 0.169. The van der Waals surface area contributed by atoms with Crippen molar-refractivity contribution in [1.82, 2.24) is 5.32 Å². The first-order valence-corrected chi connectivity index (χ1v) is 10.5. The number of alkyl halides is 1. The molecule has 0 unspecified atom stereocenters. The van der Waals surface area contributed by atoms with Crippen molar-refractivity contribution in [2.45, 2.75) is 30.4 Å². The summed E-state index contributed by atoms with van der Waals surface area (Å²) in [5.41, 5.74) is 1.96. The Labute approximate surface area is 151 Å². The Hall–Kier alpha value is -1.37. The normalized spacial score (nSPS) is 12.8. The van der Waals surface area contributed by atoms with Gasteiger partial charge in [0.2, 0.25) is 5.91 Å². The van der Waals surface area contributed by atoms with Gasteiger partial charge in [0.05, 0.1) is 4.90 Å². The maximum atomic E-state index is 13.1. The summed E-state index contributed by atoms with van der Waals surface area (Å²) in [6.45, 7) is 3.86. The second-order valence-corrected chi connectivity index (χ2v) is 9.03. The van der Waals surface area contributed by atoms with Crippen molar-refractivity contribution in [2.75, 3.05) is 12.4 Å². The second kappa shape index (κ2) is 8.14. The Morgan fingerprint density at radius 2 is 2.00 bits per heavy atom. The molecular formula is C17H20ClNO3S2. The van der Waals surface area contributed by atoms with E-state index >= 15 is 0 Å². The molecule has 4 nitrogen and oxygen atoms in total. The van der Waals surface area contributed by atoms with Gasteiger partial charge in [-0.1, -0.05) is 12.1 Å². The molecule has 0 aliphatic carbocycles. The van der Waals surface area contributed by atoms with E-state index in [1.165, 1.54) is 11.3 Å². The van der Waals surface area contributed by atoms with Crippen LogP contribution in [0.5, 0.6) is 0 Å². The highest BCUT2D eigenvalue weighted by Gasteiger charge is 2.30. The lowest BCUT2D eigenvalue weighted by Crippen LogP contribution is -2.31. The van der Waals surface area contributed by atoms with Crippen molar-refractivity contribution in [2.24, 2.45) is 0 Å². The standard InChI is InChI=1S/C17H20ClNO3S2/c1-12-5-6-14(10-13(12)2)24(21,22)16(15-4-3-9-23-15)11-19-17(20)7-8-18/h3-6,9-10,16H,7-8,11H2,1-2H3,(H,19,20)/t16-/m1/s1. The molecule has 24 heavy (non-hydrogen) atoms. The molecule has 0 saturated heterocycles. The van der Waals surface area contributed by atoms with E-state index in [-0.39, 0.29) is 29.6 Å². The molecule has 130 valence electrons. The van der Waals surface area contributed by atoms with Gasteiger partial charge in [-0.15, -0.1) is 22.9 Å². The molecule has 7 heteroatoms. The molecule has 0 saturated carbocycles. The van der Waals surface area contributed by atoms with Crippen LogP contribution in [0.1, 0.15) is 27.7 Å². The van der Waals surface area contributed by atoms with E-state index in [0.717, 1.165) is 11.1 Å². The predicted molar refractivity (Wildman–Crippen MR) is 98.5 cm³/mol. The maximum absolute atomic E-state index is 13.1. The molecule has 1 aromatic carbocycles. The zero-order valence-electron chi connectivity index (χ0n) is 13.6. The van der Waals surface area contributed by atoms with Crippen LogP contribution in [0.2, 0.25) is 0 Å². The minimum Gasteiger partial charge on any atom is -0.354 e. The fourth-order valence-electron chi connectivity index (χ4n) is 2.27. The quantitative estimate of drug-likeness (QED) is 0.740. The van der Waals surface area contributed by atoms with Gasteiger partial charge in [-0.3, -0.25) is 4.79 Å². The molecule has 0 aliphatic heterocycles. The van der Waals surface area contributed by atoms with Gasteiger partial charge in [0.1, 0.15) is 5.25 Å². The number of thiophene rings is 1. The number of hydrogen-bond acceptors (Lipinski definition) is 4. The van der Waals surface area contributed by atoms with Crippen molar-refractivity contribution in [1.29, 1.82) is 0 Å². The van der Waals surface area contributed by atoms with Gasteiger partial charge < -0.3 is 5.32 Å². The number of benzene rings is 1. The number of nitrogens with one attached hydrogen (secondary N) is 1. The molecule has 0 fully saturated rings. The van der Waals surface area contributed by atoms with E-state index in [0.29, 0.717) is 4.88 Å². The van der Waals surface area contributed by atoms with Crippen LogP contribution in [0.15, 0.2) is 40.6 Å². The fraction of sp³-hybridized carbons (Fsp3) is 0.353. The Kier molecular flexibility index (Phi) is 6.43. The van der Waals surface area contributed by atoms with E-state index in [1.807, 2.05) is 25.3 Å². The molecule has 1 N–H and O–H groups in total. The van der Waals surface area contributed by atoms with Gasteiger partial charge in [0.15, 0.2) is 9.84 Å². The van der Waals surface area contributed by atoms with E-state index in [4.69, 9.17) is 11.6 Å². The van der Waals surface area contributed by atoms with Gasteiger partial charge in [0, 0.05) is 23.7 Å². The van der Waals surface area contributed by atoms with Crippen LogP contribution in [-0.2, 0) is 14.6 Å². The summed E-state index contributed by atoms with van der Waals surface area (Å²) in [6, 6.07) is 8.70. The van der Waals surface area contributed by atoms with Crippen molar-refractivity contribution < 1.29 is 13.2 Å². The Bertz CT molecular complexity index is 801. The molecule has 1 aromatic heterocycles. The van der Waals surface area contributed by atoms with Crippen LogP contribution in [0.3, 0.4) is 0 Å². The molecule has 1 atom stereocenters. The lowest BCUT2D eigenvalue weighted by atomic mass is 10.1. The third-order valence-electron chi connectivity index (χ3n) is 3.85. The Morgan fingerprint density at radius 1 is 1.25 bits per heavy atom. The van der Waals surface area contributed by atoms with Crippen LogP contribution in [0, 0.1) is 13.8 Å². The van der Waals surface area contributed by atoms with Crippen LogP contribution in [0.25, 0.3) is 0 Å². The van der Waals surface area contributed by atoms with Gasteiger partial charge in [-0.2, -0.15) is 0 Å². The number of aryl methyl sites for hydroxylation is 2. The fourth-order valence-corrected chi connectivity index (χ4v) is 5.31. The lowest BCUT2D eigenvalue weighted by Gasteiger charge is -2.18. The van der Waals surface area contributed by atoms with Crippen LogP contribution >= 0.6 is 22.9 Å². The van der Waals surface area contributed by atoms with Crippen molar-refractivity contribution in [3.05, 3.63) is 51.7 Å². The average molecular weight is 386 g/mol. The predicted octanol–water partition coefficient (Wildman–Crippen LogP) is 3.63. The highest BCUT2D eigenvalue weighted by molar-refractivity contribution is 7.91. The molecule has 0 bridgehead atoms. The topological polar surface area (TPSA) is 63.2 Å². The van der Waals surface area contributed by atoms with Crippen LogP contribution in [0.4, 0.5) is 0 Å². The monoisotopic (exact) mass is 385 g/mol. The summed E-state index contributed by atoms with van der Waals surface area (Å²) < 4.78 is 26.2. The van der Waals surface area contributed by atoms with Crippen molar-refractivity contribution in [3.63, 3.8) is 0 Å². The number of rotatable bonds is 7. The molecule has 1 amide bonds. The van der Waals surface area contributed by atoms with E-state index < -0.39 is 15.1 Å². The van der Waals surface area contributed by atoms with E-state index in [9.17, 15) is 13.2 Å². The second-order valence-electron chi connectivity index (χ2n) is 5.54. The molecule has 0 aliphatic rings. The highest BCUT2D eigenvalue weighted by Crippen LogP contribution is 2.32. The molecule has 0 spiro atoms. The zero-order valence-corrected chi connectivity index (χ0v) is 16.0. The number of carbonyl (C=O) groups is 1. The molecular weight excluding hydrogens is 366 g/mol. The van der Waals surface area contributed by atoms with E-state index in [1.54, 1.807) is 24.3 Å². The van der Waals surface area contributed by atoms with Gasteiger partial charge in [-0.25, -0.2) is 8.42 Å². The summed E-state index contributed by atoms with van der Waals surface area (Å²) in [7, 11) is -3.61. The number of hydrogen-bond donors (Lipinski definition) is 1. The van der Waals surface area contributed by atoms with Gasteiger partial charge in [-0.05, 0) is 48.6 Å². The number of sulfone groups is 1. The summed E-state index contributed by atoms with van der Waals surface area (Å²) in [4.78, 5) is 12.7. The summed E-state index contributed by atoms with van der Waals surface area (Å²) in [5, 5.41) is 3.70. The van der Waals surface area contributed by atoms with Crippen molar-refractivity contribution in [3.8, 4) is 0 Å². The summed E-state index contributed by atoms with van der Waals surface area (Å²) >= 11 is 6.92.